The van der Waals surface area contributed by atoms with E-state index in [0.29, 0.717) is 12.4 Å². The number of unbranched alkanes of at least 4 members (excludes halogenated alkanes) is 2. The molecule has 1 aliphatic heterocycles. The van der Waals surface area contributed by atoms with E-state index in [1.54, 1.807) is 23.1 Å². The van der Waals surface area contributed by atoms with Gasteiger partial charge in [-0.15, -0.1) is 0 Å². The van der Waals surface area contributed by atoms with Crippen LogP contribution < -0.4 is 9.64 Å². The van der Waals surface area contributed by atoms with Crippen molar-refractivity contribution in [1.29, 1.82) is 0 Å². The largest absolute Gasteiger partial charge is 0.491 e. The zero-order chi connectivity index (χ0) is 13.3. The molecule has 1 aliphatic rings. The smallest absolute Gasteiger partial charge is 0.165 e. The van der Waals surface area contributed by atoms with Crippen LogP contribution in [-0.2, 0) is 0 Å². The maximum atomic E-state index is 13.3. The Morgan fingerprint density at radius 2 is 1.79 bits per heavy atom. The molecule has 1 saturated heterocycles. The number of halogens is 1. The minimum atomic E-state index is -0.264. The average molecular weight is 266 g/mol. The molecule has 0 aliphatic carbocycles. The highest BCUT2D eigenvalue weighted by molar-refractivity contribution is 5.23. The highest BCUT2D eigenvalue weighted by Crippen LogP contribution is 2.15. The van der Waals surface area contributed by atoms with Gasteiger partial charge in [0.15, 0.2) is 11.6 Å². The van der Waals surface area contributed by atoms with Gasteiger partial charge in [0.1, 0.15) is 0 Å². The van der Waals surface area contributed by atoms with Crippen molar-refractivity contribution < 1.29 is 14.0 Å². The molecule has 1 heterocycles. The van der Waals surface area contributed by atoms with Gasteiger partial charge in [0.05, 0.1) is 26.2 Å². The molecule has 3 heteroatoms. The van der Waals surface area contributed by atoms with Crippen LogP contribution in [0.4, 0.5) is 4.39 Å². The van der Waals surface area contributed by atoms with Crippen LogP contribution in [0.5, 0.6) is 5.75 Å². The number of quaternary nitrogens is 1. The molecule has 2 nitrogen and oxygen atoms in total. The molecule has 0 amide bonds. The summed E-state index contributed by atoms with van der Waals surface area (Å²) in [6.07, 6.45) is 7.66. The molecule has 1 N–H and O–H groups in total. The zero-order valence-corrected chi connectivity index (χ0v) is 11.7. The van der Waals surface area contributed by atoms with Gasteiger partial charge >= 0.3 is 0 Å². The Balaban J connectivity index is 1.51. The molecule has 0 spiro atoms. The summed E-state index contributed by atoms with van der Waals surface area (Å²) in [5.41, 5.74) is 0. The van der Waals surface area contributed by atoms with Crippen LogP contribution in [0.25, 0.3) is 0 Å². The molecular formula is C16H25FNO+. The molecule has 2 rings (SSSR count). The summed E-state index contributed by atoms with van der Waals surface area (Å²) in [5.74, 6) is 0.115. The predicted molar refractivity (Wildman–Crippen MR) is 75.2 cm³/mol. The van der Waals surface area contributed by atoms with Gasteiger partial charge in [-0.2, -0.15) is 0 Å². The summed E-state index contributed by atoms with van der Waals surface area (Å²) < 4.78 is 18.7. The standard InChI is InChI=1S/C16H24FNO/c17-15-9-3-4-10-16(15)19-14-8-2-7-13-18-11-5-1-6-12-18/h3-4,9-10H,1-2,5-8,11-14H2/p+1. The average Bonchev–Trinajstić information content (AvgIpc) is 2.45. The second kappa shape index (κ2) is 8.16. The fraction of sp³-hybridized carbons (Fsp3) is 0.625. The number of ether oxygens (including phenoxy) is 1. The van der Waals surface area contributed by atoms with Crippen LogP contribution in [0.2, 0.25) is 0 Å². The SMILES string of the molecule is Fc1ccccc1OCCCCC[NH+]1CCCCC1. The van der Waals surface area contributed by atoms with Gasteiger partial charge in [0.25, 0.3) is 0 Å². The highest BCUT2D eigenvalue weighted by Gasteiger charge is 2.12. The van der Waals surface area contributed by atoms with Gasteiger partial charge in [0, 0.05) is 0 Å². The molecule has 1 fully saturated rings. The van der Waals surface area contributed by atoms with Crippen molar-refractivity contribution in [2.24, 2.45) is 0 Å². The van der Waals surface area contributed by atoms with Crippen molar-refractivity contribution in [3.63, 3.8) is 0 Å². The lowest BCUT2D eigenvalue weighted by Gasteiger charge is -2.23. The summed E-state index contributed by atoms with van der Waals surface area (Å²) in [6, 6.07) is 6.62. The molecule has 0 atom stereocenters. The molecule has 0 radical (unpaired) electrons. The van der Waals surface area contributed by atoms with Crippen molar-refractivity contribution in [2.75, 3.05) is 26.2 Å². The molecule has 0 unspecified atom stereocenters. The topological polar surface area (TPSA) is 13.7 Å². The normalized spacial score (nSPS) is 16.5. The fourth-order valence-electron chi connectivity index (χ4n) is 2.70. The van der Waals surface area contributed by atoms with Gasteiger partial charge in [-0.1, -0.05) is 12.1 Å². The number of rotatable bonds is 7. The van der Waals surface area contributed by atoms with E-state index in [0.717, 1.165) is 6.42 Å². The number of para-hydroxylation sites is 1. The van der Waals surface area contributed by atoms with Crippen LogP contribution >= 0.6 is 0 Å². The maximum absolute atomic E-state index is 13.3. The number of benzene rings is 1. The molecule has 0 saturated carbocycles. The third kappa shape index (κ3) is 5.19. The van der Waals surface area contributed by atoms with Crippen LogP contribution in [-0.4, -0.2) is 26.2 Å². The maximum Gasteiger partial charge on any atom is 0.165 e. The monoisotopic (exact) mass is 266 g/mol. The first-order valence-electron chi connectivity index (χ1n) is 7.57. The van der Waals surface area contributed by atoms with Crippen molar-refractivity contribution >= 4 is 0 Å². The molecule has 1 aromatic carbocycles. The Morgan fingerprint density at radius 1 is 1.00 bits per heavy atom. The molecule has 106 valence electrons. The summed E-state index contributed by atoms with van der Waals surface area (Å²) in [6.45, 7) is 4.62. The van der Waals surface area contributed by atoms with E-state index in [1.165, 1.54) is 57.8 Å². The van der Waals surface area contributed by atoms with Gasteiger partial charge in [-0.05, 0) is 50.7 Å². The van der Waals surface area contributed by atoms with Gasteiger partial charge in [0.2, 0.25) is 0 Å². The Kier molecular flexibility index (Phi) is 6.15. The van der Waals surface area contributed by atoms with E-state index < -0.39 is 0 Å². The number of nitrogens with one attached hydrogen (secondary N) is 1. The molecular weight excluding hydrogens is 241 g/mol. The first-order chi connectivity index (χ1) is 9.36. The van der Waals surface area contributed by atoms with E-state index in [4.69, 9.17) is 4.74 Å². The van der Waals surface area contributed by atoms with E-state index in [1.807, 2.05) is 0 Å². The van der Waals surface area contributed by atoms with Gasteiger partial charge in [-0.25, -0.2) is 4.39 Å². The van der Waals surface area contributed by atoms with Crippen LogP contribution in [0, 0.1) is 5.82 Å². The zero-order valence-electron chi connectivity index (χ0n) is 11.7. The lowest BCUT2D eigenvalue weighted by Crippen LogP contribution is -3.12. The lowest BCUT2D eigenvalue weighted by atomic mass is 10.1. The van der Waals surface area contributed by atoms with Crippen LogP contribution in [0.3, 0.4) is 0 Å². The Bertz CT molecular complexity index is 364. The summed E-state index contributed by atoms with van der Waals surface area (Å²) >= 11 is 0. The minimum absolute atomic E-state index is 0.264. The fourth-order valence-corrected chi connectivity index (χ4v) is 2.70. The van der Waals surface area contributed by atoms with Gasteiger partial charge in [-0.3, -0.25) is 0 Å². The summed E-state index contributed by atoms with van der Waals surface area (Å²) in [5, 5.41) is 0. The summed E-state index contributed by atoms with van der Waals surface area (Å²) in [4.78, 5) is 1.77. The number of likely N-dealkylation sites (tertiary alicyclic amines) is 1. The third-order valence-corrected chi connectivity index (χ3v) is 3.83. The van der Waals surface area contributed by atoms with E-state index in [2.05, 4.69) is 0 Å². The quantitative estimate of drug-likeness (QED) is 0.748. The van der Waals surface area contributed by atoms with Crippen molar-refractivity contribution in [3.8, 4) is 5.75 Å². The van der Waals surface area contributed by atoms with E-state index in [-0.39, 0.29) is 5.82 Å². The molecule has 0 bridgehead atoms. The highest BCUT2D eigenvalue weighted by atomic mass is 19.1. The Labute approximate surface area is 115 Å². The minimum Gasteiger partial charge on any atom is -0.491 e. The first-order valence-corrected chi connectivity index (χ1v) is 7.57. The van der Waals surface area contributed by atoms with E-state index >= 15 is 0 Å². The van der Waals surface area contributed by atoms with Crippen molar-refractivity contribution in [3.05, 3.63) is 30.1 Å². The number of hydrogen-bond donors (Lipinski definition) is 1. The lowest BCUT2D eigenvalue weighted by molar-refractivity contribution is -0.905. The molecule has 19 heavy (non-hydrogen) atoms. The van der Waals surface area contributed by atoms with Crippen molar-refractivity contribution in [2.45, 2.75) is 38.5 Å². The van der Waals surface area contributed by atoms with Gasteiger partial charge < -0.3 is 9.64 Å². The first kappa shape index (κ1) is 14.3. The summed E-state index contributed by atoms with van der Waals surface area (Å²) in [7, 11) is 0. The number of hydrogen-bond acceptors (Lipinski definition) is 1. The molecule has 0 aromatic heterocycles. The Morgan fingerprint density at radius 3 is 2.58 bits per heavy atom. The second-order valence-electron chi connectivity index (χ2n) is 5.40. The Hall–Kier alpha value is -1.09. The third-order valence-electron chi connectivity index (χ3n) is 3.83. The number of piperidine rings is 1. The van der Waals surface area contributed by atoms with Crippen LogP contribution in [0.15, 0.2) is 24.3 Å². The molecule has 1 aromatic rings. The van der Waals surface area contributed by atoms with E-state index in [9.17, 15) is 4.39 Å². The predicted octanol–water partition coefficient (Wildman–Crippen LogP) is 2.44. The van der Waals surface area contributed by atoms with Crippen molar-refractivity contribution in [1.82, 2.24) is 0 Å². The second-order valence-corrected chi connectivity index (χ2v) is 5.40. The van der Waals surface area contributed by atoms with Crippen LogP contribution in [0.1, 0.15) is 38.5 Å².